The third-order valence-electron chi connectivity index (χ3n) is 3.76. The maximum absolute atomic E-state index is 12.6. The molecule has 3 rings (SSSR count). The van der Waals surface area contributed by atoms with E-state index in [1.54, 1.807) is 18.2 Å². The topological polar surface area (TPSA) is 122 Å². The van der Waals surface area contributed by atoms with E-state index in [1.165, 1.54) is 25.3 Å². The van der Waals surface area contributed by atoms with E-state index in [2.05, 4.69) is 5.43 Å². The van der Waals surface area contributed by atoms with Gasteiger partial charge in [-0.25, -0.2) is 5.01 Å². The Morgan fingerprint density at radius 3 is 2.67 bits per heavy atom. The highest BCUT2D eigenvalue weighted by Gasteiger charge is 2.34. The lowest BCUT2D eigenvalue weighted by molar-refractivity contribution is -0.386. The molecule has 0 bridgehead atoms. The quantitative estimate of drug-likeness (QED) is 0.358. The fraction of sp³-hybridized carbons (Fsp3) is 0.0588. The van der Waals surface area contributed by atoms with Gasteiger partial charge in [0.1, 0.15) is 5.57 Å². The Bertz CT molecular complexity index is 1000. The predicted molar refractivity (Wildman–Crippen MR) is 96.4 cm³/mol. The van der Waals surface area contributed by atoms with Crippen molar-refractivity contribution < 1.29 is 24.4 Å². The van der Waals surface area contributed by atoms with Crippen LogP contribution in [-0.2, 0) is 9.59 Å². The standard InChI is InChI=1S/C17H12ClN3O6/c1-27-14-7-9(6-13(15(14)22)21(25)26)5-12-16(23)19-20(17(12)24)11-4-2-3-10(18)8-11/h2-8,22H,1H3,(H,19,23)/b12-5-. The number of carbonyl (C=O) groups is 2. The molecule has 0 radical (unpaired) electrons. The van der Waals surface area contributed by atoms with Crippen molar-refractivity contribution in [1.29, 1.82) is 0 Å². The summed E-state index contributed by atoms with van der Waals surface area (Å²) in [7, 11) is 1.23. The van der Waals surface area contributed by atoms with Gasteiger partial charge in [-0.05, 0) is 35.9 Å². The van der Waals surface area contributed by atoms with Crippen LogP contribution >= 0.6 is 11.6 Å². The molecule has 10 heteroatoms. The number of nitrogens with zero attached hydrogens (tertiary/aromatic N) is 2. The van der Waals surface area contributed by atoms with Crippen molar-refractivity contribution in [3.05, 3.63) is 62.7 Å². The number of phenols is 1. The van der Waals surface area contributed by atoms with Crippen molar-refractivity contribution in [2.45, 2.75) is 0 Å². The van der Waals surface area contributed by atoms with Crippen LogP contribution in [0.4, 0.5) is 11.4 Å². The summed E-state index contributed by atoms with van der Waals surface area (Å²) >= 11 is 5.90. The smallest absolute Gasteiger partial charge is 0.315 e. The summed E-state index contributed by atoms with van der Waals surface area (Å²) in [6, 6.07) is 8.63. The van der Waals surface area contributed by atoms with E-state index in [4.69, 9.17) is 16.3 Å². The van der Waals surface area contributed by atoms with Gasteiger partial charge in [-0.15, -0.1) is 0 Å². The van der Waals surface area contributed by atoms with E-state index in [0.29, 0.717) is 10.7 Å². The normalized spacial score (nSPS) is 15.2. The number of hydrazine groups is 1. The second-order valence-corrected chi connectivity index (χ2v) is 5.90. The number of hydrogen-bond acceptors (Lipinski definition) is 6. The average molecular weight is 390 g/mol. The van der Waals surface area contributed by atoms with E-state index in [1.807, 2.05) is 0 Å². The molecule has 2 amide bonds. The first-order valence-electron chi connectivity index (χ1n) is 7.50. The van der Waals surface area contributed by atoms with Gasteiger partial charge in [-0.1, -0.05) is 17.7 Å². The number of ether oxygens (including phenoxy) is 1. The number of rotatable bonds is 4. The Morgan fingerprint density at radius 1 is 1.30 bits per heavy atom. The highest BCUT2D eigenvalue weighted by molar-refractivity contribution is 6.33. The van der Waals surface area contributed by atoms with Crippen LogP contribution in [0.15, 0.2) is 42.0 Å². The van der Waals surface area contributed by atoms with E-state index >= 15 is 0 Å². The van der Waals surface area contributed by atoms with Crippen molar-refractivity contribution in [2.24, 2.45) is 0 Å². The van der Waals surface area contributed by atoms with Crippen molar-refractivity contribution >= 4 is 40.9 Å². The molecule has 1 fully saturated rings. The van der Waals surface area contributed by atoms with E-state index < -0.39 is 28.2 Å². The molecule has 0 aromatic heterocycles. The Labute approximate surface area is 157 Å². The second kappa shape index (κ2) is 6.96. The first kappa shape index (κ1) is 18.2. The number of hydrogen-bond donors (Lipinski definition) is 2. The molecule has 2 aromatic rings. The SMILES string of the molecule is COc1cc(/C=C2/C(=O)NN(c3cccc(Cl)c3)C2=O)cc([N+](=O)[O-])c1O. The number of amides is 2. The summed E-state index contributed by atoms with van der Waals surface area (Å²) in [4.78, 5) is 35.1. The third-order valence-corrected chi connectivity index (χ3v) is 4.00. The van der Waals surface area contributed by atoms with Crippen molar-refractivity contribution in [1.82, 2.24) is 5.43 Å². The minimum atomic E-state index is -0.797. The Balaban J connectivity index is 2.02. The minimum Gasteiger partial charge on any atom is -0.500 e. The number of benzene rings is 2. The molecule has 0 unspecified atom stereocenters. The maximum atomic E-state index is 12.6. The fourth-order valence-electron chi connectivity index (χ4n) is 2.51. The zero-order valence-corrected chi connectivity index (χ0v) is 14.6. The summed E-state index contributed by atoms with van der Waals surface area (Å²) < 4.78 is 4.90. The van der Waals surface area contributed by atoms with Gasteiger partial charge in [-0.3, -0.25) is 25.1 Å². The van der Waals surface area contributed by atoms with Crippen LogP contribution in [-0.4, -0.2) is 29.0 Å². The Hall–Kier alpha value is -3.59. The molecular weight excluding hydrogens is 378 g/mol. The van der Waals surface area contributed by atoms with Crippen LogP contribution in [0.3, 0.4) is 0 Å². The minimum absolute atomic E-state index is 0.141. The van der Waals surface area contributed by atoms with Gasteiger partial charge in [0, 0.05) is 11.1 Å². The molecule has 1 aliphatic heterocycles. The number of nitro benzene ring substituents is 1. The fourth-order valence-corrected chi connectivity index (χ4v) is 2.70. The number of methoxy groups -OCH3 is 1. The summed E-state index contributed by atoms with van der Waals surface area (Å²) in [5, 5.41) is 22.3. The van der Waals surface area contributed by atoms with E-state index in [0.717, 1.165) is 11.1 Å². The first-order chi connectivity index (χ1) is 12.8. The molecule has 1 heterocycles. The number of anilines is 1. The summed E-state index contributed by atoms with van der Waals surface area (Å²) in [5.41, 5.74) is 2.05. The van der Waals surface area contributed by atoms with Crippen LogP contribution in [0.1, 0.15) is 5.56 Å². The van der Waals surface area contributed by atoms with Gasteiger partial charge in [-0.2, -0.15) is 0 Å². The van der Waals surface area contributed by atoms with Gasteiger partial charge in [0.2, 0.25) is 5.75 Å². The largest absolute Gasteiger partial charge is 0.500 e. The summed E-state index contributed by atoms with van der Waals surface area (Å²) in [6.07, 6.45) is 1.18. The van der Waals surface area contributed by atoms with Crippen LogP contribution < -0.4 is 15.2 Å². The maximum Gasteiger partial charge on any atom is 0.315 e. The first-order valence-corrected chi connectivity index (χ1v) is 7.87. The monoisotopic (exact) mass is 389 g/mol. The van der Waals surface area contributed by atoms with Gasteiger partial charge < -0.3 is 9.84 Å². The third kappa shape index (κ3) is 3.40. The van der Waals surface area contributed by atoms with Crippen molar-refractivity contribution in [2.75, 3.05) is 12.1 Å². The molecule has 1 aliphatic rings. The van der Waals surface area contributed by atoms with Crippen LogP contribution in [0.25, 0.3) is 6.08 Å². The lowest BCUT2D eigenvalue weighted by atomic mass is 10.1. The molecule has 27 heavy (non-hydrogen) atoms. The molecule has 138 valence electrons. The average Bonchev–Trinajstić information content (AvgIpc) is 2.91. The Kier molecular flexibility index (Phi) is 4.70. The molecule has 9 nitrogen and oxygen atoms in total. The van der Waals surface area contributed by atoms with Crippen molar-refractivity contribution in [3.8, 4) is 11.5 Å². The molecule has 1 saturated heterocycles. The molecular formula is C17H12ClN3O6. The zero-order chi connectivity index (χ0) is 19.7. The predicted octanol–water partition coefficient (Wildman–Crippen LogP) is 2.42. The van der Waals surface area contributed by atoms with Crippen LogP contribution in [0, 0.1) is 10.1 Å². The number of halogens is 1. The number of nitrogens with one attached hydrogen (secondary N) is 1. The van der Waals surface area contributed by atoms with Gasteiger partial charge in [0.15, 0.2) is 5.75 Å². The lowest BCUT2D eigenvalue weighted by Gasteiger charge is -2.14. The highest BCUT2D eigenvalue weighted by Crippen LogP contribution is 2.37. The highest BCUT2D eigenvalue weighted by atomic mass is 35.5. The van der Waals surface area contributed by atoms with E-state index in [-0.39, 0.29) is 16.9 Å². The number of phenolic OH excluding ortho intramolecular Hbond substituents is 1. The van der Waals surface area contributed by atoms with Crippen LogP contribution in [0.2, 0.25) is 5.02 Å². The molecule has 0 aliphatic carbocycles. The molecule has 2 N–H and O–H groups in total. The van der Waals surface area contributed by atoms with E-state index in [9.17, 15) is 24.8 Å². The number of nitro groups is 1. The molecule has 2 aromatic carbocycles. The zero-order valence-electron chi connectivity index (χ0n) is 13.8. The van der Waals surface area contributed by atoms with Crippen LogP contribution in [0.5, 0.6) is 11.5 Å². The van der Waals surface area contributed by atoms with Gasteiger partial charge in [0.05, 0.1) is 17.7 Å². The Morgan fingerprint density at radius 2 is 2.04 bits per heavy atom. The molecule has 0 spiro atoms. The lowest BCUT2D eigenvalue weighted by Crippen LogP contribution is -2.35. The summed E-state index contributed by atoms with van der Waals surface area (Å²) in [5.74, 6) is -2.15. The number of aromatic hydroxyl groups is 1. The molecule has 0 atom stereocenters. The second-order valence-electron chi connectivity index (χ2n) is 5.47. The molecule has 0 saturated carbocycles. The number of carbonyl (C=O) groups excluding carboxylic acids is 2. The van der Waals surface area contributed by atoms with Gasteiger partial charge in [0.25, 0.3) is 11.8 Å². The summed E-state index contributed by atoms with van der Waals surface area (Å²) in [6.45, 7) is 0. The van der Waals surface area contributed by atoms with Gasteiger partial charge >= 0.3 is 5.69 Å². The van der Waals surface area contributed by atoms with Crippen molar-refractivity contribution in [3.63, 3.8) is 0 Å².